The number of hydrogen-bond acceptors (Lipinski definition) is 3. The van der Waals surface area contributed by atoms with Gasteiger partial charge in [-0.1, -0.05) is 18.2 Å². The van der Waals surface area contributed by atoms with Gasteiger partial charge in [0.2, 0.25) is 0 Å². The molecule has 1 atom stereocenters. The van der Waals surface area contributed by atoms with E-state index in [2.05, 4.69) is 11.9 Å². The number of piperidine rings is 1. The van der Waals surface area contributed by atoms with Gasteiger partial charge >= 0.3 is 0 Å². The highest BCUT2D eigenvalue weighted by atomic mass is 16.2. The molecule has 3 rings (SSSR count). The van der Waals surface area contributed by atoms with Crippen LogP contribution in [0.15, 0.2) is 30.5 Å². The fourth-order valence-electron chi connectivity index (χ4n) is 3.32. The molecular formula is C18H23N3O. The van der Waals surface area contributed by atoms with E-state index in [4.69, 9.17) is 0 Å². The van der Waals surface area contributed by atoms with Crippen molar-refractivity contribution in [2.75, 3.05) is 25.5 Å². The number of hydrogen-bond donors (Lipinski definition) is 0. The molecule has 4 heteroatoms. The molecule has 1 aliphatic heterocycles. The average Bonchev–Trinajstić information content (AvgIpc) is 2.53. The Morgan fingerprint density at radius 3 is 2.77 bits per heavy atom. The van der Waals surface area contributed by atoms with Gasteiger partial charge in [0.05, 0.1) is 16.8 Å². The lowest BCUT2D eigenvalue weighted by atomic mass is 10.0. The Labute approximate surface area is 131 Å². The van der Waals surface area contributed by atoms with Gasteiger partial charge in [-0.25, -0.2) is 0 Å². The first-order valence-corrected chi connectivity index (χ1v) is 7.95. The van der Waals surface area contributed by atoms with Crippen LogP contribution < -0.4 is 4.90 Å². The molecule has 0 spiro atoms. The van der Waals surface area contributed by atoms with Gasteiger partial charge < -0.3 is 9.80 Å². The summed E-state index contributed by atoms with van der Waals surface area (Å²) < 4.78 is 0. The van der Waals surface area contributed by atoms with Crippen LogP contribution in [0, 0.1) is 0 Å². The molecule has 0 N–H and O–H groups in total. The summed E-state index contributed by atoms with van der Waals surface area (Å²) in [4.78, 5) is 21.6. The van der Waals surface area contributed by atoms with Crippen molar-refractivity contribution in [2.24, 2.45) is 0 Å². The van der Waals surface area contributed by atoms with Crippen molar-refractivity contribution < 1.29 is 4.79 Å². The van der Waals surface area contributed by atoms with E-state index in [0.717, 1.165) is 36.0 Å². The molecule has 1 amide bonds. The largest absolute Gasteiger partial charge is 0.376 e. The second-order valence-corrected chi connectivity index (χ2v) is 6.28. The second-order valence-electron chi connectivity index (χ2n) is 6.28. The summed E-state index contributed by atoms with van der Waals surface area (Å²) in [5, 5.41) is 1.03. The van der Waals surface area contributed by atoms with E-state index in [1.54, 1.807) is 6.20 Å². The zero-order chi connectivity index (χ0) is 15.7. The van der Waals surface area contributed by atoms with E-state index < -0.39 is 0 Å². The third-order valence-corrected chi connectivity index (χ3v) is 4.49. The number of carbonyl (C=O) groups excluding carboxylic acids is 1. The Hall–Kier alpha value is -2.10. The van der Waals surface area contributed by atoms with Gasteiger partial charge in [0.25, 0.3) is 5.91 Å². The minimum atomic E-state index is 0.106. The third-order valence-electron chi connectivity index (χ3n) is 4.49. The summed E-state index contributed by atoms with van der Waals surface area (Å²) in [5.41, 5.74) is 2.60. The Morgan fingerprint density at radius 2 is 2.05 bits per heavy atom. The number of fused-ring (bicyclic) bond motifs is 1. The summed E-state index contributed by atoms with van der Waals surface area (Å²) in [5.74, 6) is 0.106. The number of aromatic nitrogens is 1. The third kappa shape index (κ3) is 2.54. The van der Waals surface area contributed by atoms with Crippen LogP contribution in [0.25, 0.3) is 10.9 Å². The number of benzene rings is 1. The van der Waals surface area contributed by atoms with Gasteiger partial charge in [-0.15, -0.1) is 0 Å². The number of amides is 1. The van der Waals surface area contributed by atoms with Crippen LogP contribution in [-0.4, -0.2) is 42.5 Å². The summed E-state index contributed by atoms with van der Waals surface area (Å²) in [7, 11) is 3.97. The van der Waals surface area contributed by atoms with Crippen LogP contribution in [0.3, 0.4) is 0 Å². The number of nitrogens with zero attached hydrogens (tertiary/aromatic N) is 3. The summed E-state index contributed by atoms with van der Waals surface area (Å²) in [6.07, 6.45) is 5.13. The lowest BCUT2D eigenvalue weighted by Crippen LogP contribution is -2.42. The molecule has 22 heavy (non-hydrogen) atoms. The molecule has 1 aromatic heterocycles. The minimum Gasteiger partial charge on any atom is -0.376 e. The molecule has 116 valence electrons. The lowest BCUT2D eigenvalue weighted by Gasteiger charge is -2.34. The van der Waals surface area contributed by atoms with Gasteiger partial charge in [0.15, 0.2) is 0 Å². The molecule has 2 aromatic rings. The summed E-state index contributed by atoms with van der Waals surface area (Å²) in [6.45, 7) is 2.99. The molecule has 1 saturated heterocycles. The van der Waals surface area contributed by atoms with Crippen LogP contribution in [0.2, 0.25) is 0 Å². The number of carbonyl (C=O) groups is 1. The molecule has 0 radical (unpaired) electrons. The van der Waals surface area contributed by atoms with Gasteiger partial charge in [0.1, 0.15) is 0 Å². The van der Waals surface area contributed by atoms with E-state index in [0.29, 0.717) is 11.6 Å². The van der Waals surface area contributed by atoms with Crippen LogP contribution >= 0.6 is 0 Å². The summed E-state index contributed by atoms with van der Waals surface area (Å²) >= 11 is 0. The van der Waals surface area contributed by atoms with Crippen molar-refractivity contribution in [1.82, 2.24) is 9.88 Å². The van der Waals surface area contributed by atoms with Crippen LogP contribution in [0.5, 0.6) is 0 Å². The average molecular weight is 297 g/mol. The topological polar surface area (TPSA) is 36.4 Å². The minimum absolute atomic E-state index is 0.106. The second kappa shape index (κ2) is 5.95. The standard InChI is InChI=1S/C18H23N3O/c1-13-8-6-7-11-21(13)18(22)15-12-19-16-10-5-4-9-14(16)17(15)20(2)3/h4-5,9-10,12-13H,6-8,11H2,1-3H3. The molecule has 1 fully saturated rings. The fraction of sp³-hybridized carbons (Fsp3) is 0.444. The van der Waals surface area contributed by atoms with Crippen molar-refractivity contribution in [3.63, 3.8) is 0 Å². The zero-order valence-corrected chi connectivity index (χ0v) is 13.5. The Balaban J connectivity index is 2.09. The first kappa shape index (κ1) is 14.8. The van der Waals surface area contributed by atoms with Crippen LogP contribution in [0.4, 0.5) is 5.69 Å². The molecule has 4 nitrogen and oxygen atoms in total. The number of anilines is 1. The maximum atomic E-state index is 13.0. The molecule has 0 aliphatic carbocycles. The normalized spacial score (nSPS) is 18.5. The van der Waals surface area contributed by atoms with Crippen LogP contribution in [0.1, 0.15) is 36.5 Å². The molecule has 1 aromatic carbocycles. The lowest BCUT2D eigenvalue weighted by molar-refractivity contribution is 0.0636. The van der Waals surface area contributed by atoms with Crippen molar-refractivity contribution in [3.8, 4) is 0 Å². The Kier molecular flexibility index (Phi) is 4.01. The number of pyridine rings is 1. The highest BCUT2D eigenvalue weighted by Gasteiger charge is 2.27. The molecule has 1 unspecified atom stereocenters. The maximum absolute atomic E-state index is 13.0. The predicted molar refractivity (Wildman–Crippen MR) is 90.4 cm³/mol. The molecule has 0 saturated carbocycles. The summed E-state index contributed by atoms with van der Waals surface area (Å²) in [6, 6.07) is 8.30. The van der Waals surface area contributed by atoms with E-state index in [-0.39, 0.29) is 5.91 Å². The highest BCUT2D eigenvalue weighted by Crippen LogP contribution is 2.30. The first-order valence-electron chi connectivity index (χ1n) is 7.95. The van der Waals surface area contributed by atoms with Crippen LogP contribution in [-0.2, 0) is 0 Å². The monoisotopic (exact) mass is 297 g/mol. The van der Waals surface area contributed by atoms with Crippen molar-refractivity contribution in [1.29, 1.82) is 0 Å². The SMILES string of the molecule is CC1CCCCN1C(=O)c1cnc2ccccc2c1N(C)C. The number of rotatable bonds is 2. The smallest absolute Gasteiger partial charge is 0.257 e. The quantitative estimate of drug-likeness (QED) is 0.853. The van der Waals surface area contributed by atoms with Crippen molar-refractivity contribution >= 4 is 22.5 Å². The van der Waals surface area contributed by atoms with E-state index in [1.165, 1.54) is 6.42 Å². The highest BCUT2D eigenvalue weighted by molar-refractivity contribution is 6.07. The fourth-order valence-corrected chi connectivity index (χ4v) is 3.32. The van der Waals surface area contributed by atoms with Gasteiger partial charge in [0, 0.05) is 38.3 Å². The predicted octanol–water partition coefficient (Wildman–Crippen LogP) is 3.32. The zero-order valence-electron chi connectivity index (χ0n) is 13.5. The van der Waals surface area contributed by atoms with Crippen molar-refractivity contribution in [2.45, 2.75) is 32.2 Å². The van der Waals surface area contributed by atoms with Gasteiger partial charge in [-0.2, -0.15) is 0 Å². The van der Waals surface area contributed by atoms with E-state index in [9.17, 15) is 4.79 Å². The molecule has 2 heterocycles. The van der Waals surface area contributed by atoms with Gasteiger partial charge in [-0.05, 0) is 32.3 Å². The number of para-hydroxylation sites is 1. The number of likely N-dealkylation sites (tertiary alicyclic amines) is 1. The molecule has 0 bridgehead atoms. The van der Waals surface area contributed by atoms with Crippen molar-refractivity contribution in [3.05, 3.63) is 36.0 Å². The maximum Gasteiger partial charge on any atom is 0.257 e. The molecular weight excluding hydrogens is 274 g/mol. The Morgan fingerprint density at radius 1 is 1.27 bits per heavy atom. The van der Waals surface area contributed by atoms with E-state index in [1.807, 2.05) is 48.2 Å². The van der Waals surface area contributed by atoms with E-state index >= 15 is 0 Å². The molecule has 1 aliphatic rings. The Bertz CT molecular complexity index is 696. The first-order chi connectivity index (χ1) is 10.6. The van der Waals surface area contributed by atoms with Gasteiger partial charge in [-0.3, -0.25) is 9.78 Å².